The molecule has 0 aliphatic heterocycles. The molecule has 2 heterocycles. The first-order chi connectivity index (χ1) is 10.6. The lowest BCUT2D eigenvalue weighted by atomic mass is 10.2. The number of pyridine rings is 2. The first kappa shape index (κ1) is 13.8. The molecule has 1 amide bonds. The molecule has 3 N–H and O–H groups in total. The third-order valence-electron chi connectivity index (χ3n) is 3.29. The van der Waals surface area contributed by atoms with Crippen LogP contribution < -0.4 is 16.6 Å². The topological polar surface area (TPSA) is 90.0 Å². The van der Waals surface area contributed by atoms with Crippen LogP contribution in [0.5, 0.6) is 0 Å². The summed E-state index contributed by atoms with van der Waals surface area (Å²) in [4.78, 5) is 28.4. The highest BCUT2D eigenvalue weighted by Crippen LogP contribution is 2.25. The van der Waals surface area contributed by atoms with Crippen LogP contribution in [0.4, 0.5) is 11.4 Å². The molecule has 0 saturated carbocycles. The molecule has 0 saturated heterocycles. The van der Waals surface area contributed by atoms with Gasteiger partial charge in [0.2, 0.25) is 5.91 Å². The molecule has 0 fully saturated rings. The number of hydrogen-bond donors (Lipinski definition) is 2. The molecule has 0 aliphatic rings. The molecule has 2 aromatic heterocycles. The minimum absolute atomic E-state index is 0.0665. The summed E-state index contributed by atoms with van der Waals surface area (Å²) in [5, 5.41) is 3.12. The van der Waals surface area contributed by atoms with Crippen molar-refractivity contribution in [2.75, 3.05) is 11.1 Å². The van der Waals surface area contributed by atoms with Crippen molar-refractivity contribution in [3.63, 3.8) is 0 Å². The van der Waals surface area contributed by atoms with Gasteiger partial charge in [-0.05, 0) is 24.3 Å². The maximum absolute atomic E-state index is 12.8. The Bertz CT molecular complexity index is 917. The minimum atomic E-state index is -0.412. The molecule has 0 spiro atoms. The summed E-state index contributed by atoms with van der Waals surface area (Å²) in [6.45, 7) is 1.33. The van der Waals surface area contributed by atoms with Gasteiger partial charge < -0.3 is 11.1 Å². The predicted molar refractivity (Wildman–Crippen MR) is 86.1 cm³/mol. The van der Waals surface area contributed by atoms with Crippen molar-refractivity contribution in [1.82, 2.24) is 9.55 Å². The first-order valence-electron chi connectivity index (χ1n) is 6.72. The molecular formula is C16H14N4O2. The summed E-state index contributed by atoms with van der Waals surface area (Å²) in [5.41, 5.74) is 7.02. The van der Waals surface area contributed by atoms with E-state index in [2.05, 4.69) is 10.3 Å². The third kappa shape index (κ3) is 2.20. The molecule has 1 aromatic carbocycles. The van der Waals surface area contributed by atoms with Crippen LogP contribution in [0.3, 0.4) is 0 Å². The number of carbonyl (C=O) groups is 1. The van der Waals surface area contributed by atoms with Crippen molar-refractivity contribution in [3.05, 3.63) is 59.0 Å². The summed E-state index contributed by atoms with van der Waals surface area (Å²) >= 11 is 0. The van der Waals surface area contributed by atoms with E-state index in [0.717, 1.165) is 0 Å². The van der Waals surface area contributed by atoms with E-state index < -0.39 is 5.56 Å². The van der Waals surface area contributed by atoms with Crippen LogP contribution in [0, 0.1) is 0 Å². The van der Waals surface area contributed by atoms with Gasteiger partial charge in [0.15, 0.2) is 0 Å². The van der Waals surface area contributed by atoms with Gasteiger partial charge in [0.05, 0.1) is 11.4 Å². The van der Waals surface area contributed by atoms with E-state index in [1.54, 1.807) is 30.5 Å². The quantitative estimate of drug-likeness (QED) is 0.755. The van der Waals surface area contributed by atoms with Gasteiger partial charge in [0.1, 0.15) is 11.3 Å². The van der Waals surface area contributed by atoms with Crippen molar-refractivity contribution in [2.45, 2.75) is 6.92 Å². The second-order valence-corrected chi connectivity index (χ2v) is 4.82. The van der Waals surface area contributed by atoms with E-state index in [9.17, 15) is 9.59 Å². The zero-order valence-corrected chi connectivity index (χ0v) is 11.9. The van der Waals surface area contributed by atoms with E-state index in [1.165, 1.54) is 11.5 Å². The number of benzene rings is 1. The van der Waals surface area contributed by atoms with Crippen LogP contribution in [-0.2, 0) is 4.79 Å². The molecule has 22 heavy (non-hydrogen) atoms. The van der Waals surface area contributed by atoms with Crippen LogP contribution >= 0.6 is 0 Å². The van der Waals surface area contributed by atoms with Gasteiger partial charge in [-0.3, -0.25) is 14.2 Å². The van der Waals surface area contributed by atoms with Gasteiger partial charge >= 0.3 is 0 Å². The molecule has 0 aliphatic carbocycles. The van der Waals surface area contributed by atoms with Crippen LogP contribution in [-0.4, -0.2) is 15.5 Å². The summed E-state index contributed by atoms with van der Waals surface area (Å²) in [5.74, 6) is -0.355. The number of amides is 1. The zero-order valence-electron chi connectivity index (χ0n) is 11.9. The average Bonchev–Trinajstić information content (AvgIpc) is 2.52. The number of nitrogens with zero attached hydrogens (tertiary/aromatic N) is 2. The summed E-state index contributed by atoms with van der Waals surface area (Å²) < 4.78 is 1.44. The average molecular weight is 294 g/mol. The molecule has 3 aromatic rings. The number of anilines is 2. The lowest BCUT2D eigenvalue weighted by molar-refractivity contribution is -0.114. The second-order valence-electron chi connectivity index (χ2n) is 4.82. The fourth-order valence-corrected chi connectivity index (χ4v) is 2.36. The summed E-state index contributed by atoms with van der Waals surface area (Å²) in [7, 11) is 0. The standard InChI is InChI=1S/C16H14N4O2/c1-10(21)19-14-13(17)12-8-5-9-18-15(12)20(16(14)22)11-6-3-2-4-7-11/h2-9H,17H2,1H3,(H,19,21). The van der Waals surface area contributed by atoms with Crippen molar-refractivity contribution >= 4 is 28.3 Å². The summed E-state index contributed by atoms with van der Waals surface area (Å²) in [6, 6.07) is 12.6. The Labute approximate surface area is 126 Å². The Balaban J connectivity index is 2.45. The Morgan fingerprint density at radius 2 is 1.91 bits per heavy atom. The van der Waals surface area contributed by atoms with Crippen LogP contribution in [0.15, 0.2) is 53.5 Å². The van der Waals surface area contributed by atoms with Crippen LogP contribution in [0.2, 0.25) is 0 Å². The Morgan fingerprint density at radius 3 is 2.59 bits per heavy atom. The number of fused-ring (bicyclic) bond motifs is 1. The highest BCUT2D eigenvalue weighted by molar-refractivity contribution is 6.01. The number of nitrogens with two attached hydrogens (primary N) is 1. The molecule has 6 nitrogen and oxygen atoms in total. The maximum atomic E-state index is 12.8. The number of nitrogen functional groups attached to an aromatic ring is 1. The maximum Gasteiger partial charge on any atom is 0.282 e. The van der Waals surface area contributed by atoms with Crippen molar-refractivity contribution < 1.29 is 4.79 Å². The second kappa shape index (κ2) is 5.33. The molecule has 6 heteroatoms. The first-order valence-corrected chi connectivity index (χ1v) is 6.72. The lowest BCUT2D eigenvalue weighted by Gasteiger charge is -2.14. The Morgan fingerprint density at radius 1 is 1.18 bits per heavy atom. The van der Waals surface area contributed by atoms with Crippen molar-refractivity contribution in [3.8, 4) is 5.69 Å². The third-order valence-corrected chi connectivity index (χ3v) is 3.29. The van der Waals surface area contributed by atoms with Gasteiger partial charge in [-0.25, -0.2) is 4.98 Å². The molecule has 3 rings (SSSR count). The number of rotatable bonds is 2. The molecular weight excluding hydrogens is 280 g/mol. The van der Waals surface area contributed by atoms with Gasteiger partial charge in [-0.15, -0.1) is 0 Å². The number of carbonyl (C=O) groups excluding carboxylic acids is 1. The number of para-hydroxylation sites is 1. The summed E-state index contributed by atoms with van der Waals surface area (Å²) in [6.07, 6.45) is 1.60. The molecule has 110 valence electrons. The molecule has 0 unspecified atom stereocenters. The smallest absolute Gasteiger partial charge is 0.282 e. The van der Waals surface area contributed by atoms with Crippen LogP contribution in [0.1, 0.15) is 6.92 Å². The van der Waals surface area contributed by atoms with E-state index in [1.807, 2.05) is 18.2 Å². The molecule has 0 atom stereocenters. The predicted octanol–water partition coefficient (Wildman–Crippen LogP) is 1.93. The molecule has 0 bridgehead atoms. The normalized spacial score (nSPS) is 10.6. The van der Waals surface area contributed by atoms with E-state index in [-0.39, 0.29) is 17.3 Å². The van der Waals surface area contributed by atoms with Crippen LogP contribution in [0.25, 0.3) is 16.7 Å². The minimum Gasteiger partial charge on any atom is -0.396 e. The number of aromatic nitrogens is 2. The van der Waals surface area contributed by atoms with E-state index in [0.29, 0.717) is 16.7 Å². The Kier molecular flexibility index (Phi) is 3.34. The van der Waals surface area contributed by atoms with Gasteiger partial charge in [0.25, 0.3) is 5.56 Å². The number of nitrogens with one attached hydrogen (secondary N) is 1. The van der Waals surface area contributed by atoms with Crippen molar-refractivity contribution in [2.24, 2.45) is 0 Å². The van der Waals surface area contributed by atoms with Crippen molar-refractivity contribution in [1.29, 1.82) is 0 Å². The fraction of sp³-hybridized carbons (Fsp3) is 0.0625. The highest BCUT2D eigenvalue weighted by atomic mass is 16.2. The Hall–Kier alpha value is -3.15. The largest absolute Gasteiger partial charge is 0.396 e. The van der Waals surface area contributed by atoms with E-state index in [4.69, 9.17) is 5.73 Å². The lowest BCUT2D eigenvalue weighted by Crippen LogP contribution is -2.26. The fourth-order valence-electron chi connectivity index (χ4n) is 2.36. The monoisotopic (exact) mass is 294 g/mol. The highest BCUT2D eigenvalue weighted by Gasteiger charge is 2.17. The SMILES string of the molecule is CC(=O)Nc1c(N)c2cccnc2n(-c2ccccc2)c1=O. The van der Waals surface area contributed by atoms with E-state index >= 15 is 0 Å². The van der Waals surface area contributed by atoms with Gasteiger partial charge in [-0.1, -0.05) is 18.2 Å². The number of hydrogen-bond acceptors (Lipinski definition) is 4. The van der Waals surface area contributed by atoms with Gasteiger partial charge in [-0.2, -0.15) is 0 Å². The van der Waals surface area contributed by atoms with Gasteiger partial charge in [0, 0.05) is 18.5 Å². The zero-order chi connectivity index (χ0) is 15.7. The molecule has 0 radical (unpaired) electrons.